The van der Waals surface area contributed by atoms with Gasteiger partial charge >= 0.3 is 0 Å². The lowest BCUT2D eigenvalue weighted by Gasteiger charge is -2.24. The number of benzene rings is 2. The van der Waals surface area contributed by atoms with E-state index in [1.54, 1.807) is 17.9 Å². The molecule has 4 rings (SSSR count). The Balaban J connectivity index is 1.64. The van der Waals surface area contributed by atoms with E-state index in [9.17, 15) is 13.2 Å². The van der Waals surface area contributed by atoms with E-state index in [0.29, 0.717) is 36.5 Å². The zero-order valence-corrected chi connectivity index (χ0v) is 20.7. The summed E-state index contributed by atoms with van der Waals surface area (Å²) in [6, 6.07) is 15.2. The Bertz CT molecular complexity index is 1260. The molecule has 1 aromatic heterocycles. The number of amides is 1. The lowest BCUT2D eigenvalue weighted by Crippen LogP contribution is -2.34. The summed E-state index contributed by atoms with van der Waals surface area (Å²) in [6.45, 7) is 4.87. The smallest absolute Gasteiger partial charge is 0.254 e. The van der Waals surface area contributed by atoms with Crippen LogP contribution in [0.4, 0.5) is 0 Å². The molecule has 0 aliphatic heterocycles. The van der Waals surface area contributed by atoms with E-state index < -0.39 is 9.84 Å². The molecule has 0 radical (unpaired) electrons. The van der Waals surface area contributed by atoms with Gasteiger partial charge in [-0.25, -0.2) is 13.4 Å². The minimum absolute atomic E-state index is 0.0132. The zero-order valence-electron chi connectivity index (χ0n) is 19.9. The Hall–Kier alpha value is -2.97. The summed E-state index contributed by atoms with van der Waals surface area (Å²) in [5.41, 5.74) is 4.07. The standard InChI is InChI=1S/C26H31N3O4S/c1-19-8-10-21(11-9-19)18-34(31,32)26-27-16-23(28(26)14-15-33-3)17-29(22-12-13-22)25(30)24-7-5-4-6-20(24)2/h4-11,16,22H,12-15,17-18H2,1-3H3. The number of imidazole rings is 1. The van der Waals surface area contributed by atoms with E-state index in [-0.39, 0.29) is 22.9 Å². The molecule has 1 amide bonds. The van der Waals surface area contributed by atoms with Crippen molar-refractivity contribution < 1.29 is 17.9 Å². The number of aromatic nitrogens is 2. The van der Waals surface area contributed by atoms with Crippen LogP contribution in [-0.2, 0) is 33.4 Å². The third-order valence-corrected chi connectivity index (χ3v) is 7.73. The number of methoxy groups -OCH3 is 1. The van der Waals surface area contributed by atoms with E-state index in [1.165, 1.54) is 0 Å². The molecule has 7 nitrogen and oxygen atoms in total. The predicted molar refractivity (Wildman–Crippen MR) is 130 cm³/mol. The van der Waals surface area contributed by atoms with Gasteiger partial charge < -0.3 is 14.2 Å². The molecule has 1 aliphatic carbocycles. The first-order chi connectivity index (χ1) is 16.3. The number of ether oxygens (including phenoxy) is 1. The van der Waals surface area contributed by atoms with Gasteiger partial charge in [-0.05, 0) is 43.9 Å². The van der Waals surface area contributed by atoms with Crippen LogP contribution in [0.3, 0.4) is 0 Å². The molecule has 0 saturated heterocycles. The van der Waals surface area contributed by atoms with Gasteiger partial charge in [0.25, 0.3) is 5.91 Å². The highest BCUT2D eigenvalue weighted by Gasteiger charge is 2.35. The largest absolute Gasteiger partial charge is 0.383 e. The first-order valence-corrected chi connectivity index (χ1v) is 13.1. The average molecular weight is 482 g/mol. The van der Waals surface area contributed by atoms with Crippen LogP contribution >= 0.6 is 0 Å². The molecule has 180 valence electrons. The van der Waals surface area contributed by atoms with Crippen LogP contribution in [0.15, 0.2) is 59.9 Å². The van der Waals surface area contributed by atoms with Gasteiger partial charge in [-0.15, -0.1) is 0 Å². The van der Waals surface area contributed by atoms with Crippen molar-refractivity contribution in [1.82, 2.24) is 14.5 Å². The fourth-order valence-corrected chi connectivity index (χ4v) is 5.57. The topological polar surface area (TPSA) is 81.5 Å². The number of nitrogens with zero attached hydrogens (tertiary/aromatic N) is 3. The second-order valence-corrected chi connectivity index (χ2v) is 10.8. The van der Waals surface area contributed by atoms with Gasteiger partial charge in [0.05, 0.1) is 30.8 Å². The minimum atomic E-state index is -3.69. The van der Waals surface area contributed by atoms with Crippen molar-refractivity contribution in [3.8, 4) is 0 Å². The third-order valence-electron chi connectivity index (χ3n) is 6.13. The molecule has 1 saturated carbocycles. The van der Waals surface area contributed by atoms with Crippen molar-refractivity contribution in [2.45, 2.75) is 56.7 Å². The molecule has 1 aliphatic rings. The summed E-state index contributed by atoms with van der Waals surface area (Å²) in [5, 5.41) is 0.0132. The molecule has 0 unspecified atom stereocenters. The molecule has 0 atom stereocenters. The number of carbonyl (C=O) groups is 1. The number of hydrogen-bond acceptors (Lipinski definition) is 5. The quantitative estimate of drug-likeness (QED) is 0.438. The fraction of sp³-hybridized carbons (Fsp3) is 0.385. The second-order valence-electron chi connectivity index (χ2n) is 8.90. The lowest BCUT2D eigenvalue weighted by atomic mass is 10.1. The summed E-state index contributed by atoms with van der Waals surface area (Å²) in [5.74, 6) is -0.172. The second kappa shape index (κ2) is 10.1. The van der Waals surface area contributed by atoms with Crippen LogP contribution in [0.2, 0.25) is 0 Å². The van der Waals surface area contributed by atoms with E-state index in [2.05, 4.69) is 4.98 Å². The molecule has 34 heavy (non-hydrogen) atoms. The predicted octanol–water partition coefficient (Wildman–Crippen LogP) is 3.93. The number of sulfone groups is 1. The summed E-state index contributed by atoms with van der Waals surface area (Å²) in [4.78, 5) is 19.6. The Morgan fingerprint density at radius 1 is 1.12 bits per heavy atom. The Labute approximate surface area is 201 Å². The van der Waals surface area contributed by atoms with Gasteiger partial charge in [-0.3, -0.25) is 4.79 Å². The van der Waals surface area contributed by atoms with E-state index in [1.807, 2.05) is 67.3 Å². The van der Waals surface area contributed by atoms with Crippen LogP contribution < -0.4 is 0 Å². The van der Waals surface area contributed by atoms with Crippen LogP contribution in [0.1, 0.15) is 45.6 Å². The maximum absolute atomic E-state index is 13.4. The van der Waals surface area contributed by atoms with Crippen LogP contribution in [0, 0.1) is 13.8 Å². The number of rotatable bonds is 10. The Kier molecular flexibility index (Phi) is 7.19. The van der Waals surface area contributed by atoms with E-state index in [0.717, 1.165) is 24.0 Å². The zero-order chi connectivity index (χ0) is 24.3. The van der Waals surface area contributed by atoms with Gasteiger partial charge in [0.1, 0.15) is 0 Å². The normalized spacial score (nSPS) is 13.7. The molecule has 3 aromatic rings. The highest BCUT2D eigenvalue weighted by molar-refractivity contribution is 7.90. The maximum atomic E-state index is 13.4. The third kappa shape index (κ3) is 5.39. The average Bonchev–Trinajstić information content (AvgIpc) is 3.57. The molecule has 1 heterocycles. The molecular weight excluding hydrogens is 450 g/mol. The summed E-state index contributed by atoms with van der Waals surface area (Å²) in [7, 11) is -2.11. The molecule has 0 spiro atoms. The molecule has 1 fully saturated rings. The van der Waals surface area contributed by atoms with Gasteiger partial charge in [-0.2, -0.15) is 0 Å². The van der Waals surface area contributed by atoms with E-state index in [4.69, 9.17) is 4.74 Å². The van der Waals surface area contributed by atoms with Crippen LogP contribution in [0.25, 0.3) is 0 Å². The minimum Gasteiger partial charge on any atom is -0.383 e. The first kappa shape index (κ1) is 24.2. The Morgan fingerprint density at radius 2 is 1.82 bits per heavy atom. The SMILES string of the molecule is COCCn1c(CN(C(=O)c2ccccc2C)C2CC2)cnc1S(=O)(=O)Cc1ccc(C)cc1. The van der Waals surface area contributed by atoms with Gasteiger partial charge in [0, 0.05) is 25.3 Å². The number of carbonyl (C=O) groups excluding carboxylic acids is 1. The lowest BCUT2D eigenvalue weighted by molar-refractivity contribution is 0.0723. The molecule has 2 aromatic carbocycles. The van der Waals surface area contributed by atoms with Gasteiger partial charge in [0.2, 0.25) is 15.0 Å². The summed E-state index contributed by atoms with van der Waals surface area (Å²) < 4.78 is 33.6. The maximum Gasteiger partial charge on any atom is 0.254 e. The summed E-state index contributed by atoms with van der Waals surface area (Å²) in [6.07, 6.45) is 3.48. The molecule has 8 heteroatoms. The van der Waals surface area contributed by atoms with Gasteiger partial charge in [-0.1, -0.05) is 48.0 Å². The van der Waals surface area contributed by atoms with Crippen molar-refractivity contribution in [1.29, 1.82) is 0 Å². The van der Waals surface area contributed by atoms with Crippen molar-refractivity contribution >= 4 is 15.7 Å². The highest BCUT2D eigenvalue weighted by atomic mass is 32.2. The first-order valence-electron chi connectivity index (χ1n) is 11.5. The van der Waals surface area contributed by atoms with Crippen molar-refractivity contribution in [2.24, 2.45) is 0 Å². The van der Waals surface area contributed by atoms with Crippen LogP contribution in [0.5, 0.6) is 0 Å². The molecular formula is C26H31N3O4S. The van der Waals surface area contributed by atoms with Crippen molar-refractivity contribution in [3.63, 3.8) is 0 Å². The van der Waals surface area contributed by atoms with E-state index >= 15 is 0 Å². The van der Waals surface area contributed by atoms with Crippen molar-refractivity contribution in [3.05, 3.63) is 82.7 Å². The highest BCUT2D eigenvalue weighted by Crippen LogP contribution is 2.31. The van der Waals surface area contributed by atoms with Crippen molar-refractivity contribution in [2.75, 3.05) is 13.7 Å². The monoisotopic (exact) mass is 481 g/mol. The van der Waals surface area contributed by atoms with Gasteiger partial charge in [0.15, 0.2) is 0 Å². The molecule has 0 N–H and O–H groups in total. The Morgan fingerprint density at radius 3 is 2.47 bits per heavy atom. The number of aryl methyl sites for hydroxylation is 2. The molecule has 0 bridgehead atoms. The fourth-order valence-electron chi connectivity index (χ4n) is 4.05. The number of hydrogen-bond donors (Lipinski definition) is 0. The summed E-state index contributed by atoms with van der Waals surface area (Å²) >= 11 is 0. The van der Waals surface area contributed by atoms with Crippen LogP contribution in [-0.4, -0.2) is 48.5 Å².